The second-order valence-corrected chi connectivity index (χ2v) is 9.01. The Bertz CT molecular complexity index is 796. The van der Waals surface area contributed by atoms with E-state index >= 15 is 0 Å². The molecule has 0 radical (unpaired) electrons. The van der Waals surface area contributed by atoms with Gasteiger partial charge in [0.1, 0.15) is 5.75 Å². The zero-order chi connectivity index (χ0) is 19.0. The molecule has 1 saturated carbocycles. The molecule has 1 spiro atoms. The lowest BCUT2D eigenvalue weighted by molar-refractivity contribution is -0.121. The number of carbonyl (C=O) groups excluding carboxylic acids is 1. The number of anilines is 1. The van der Waals surface area contributed by atoms with Crippen LogP contribution in [0.5, 0.6) is 5.75 Å². The van der Waals surface area contributed by atoms with Gasteiger partial charge in [0.2, 0.25) is 5.91 Å². The second-order valence-electron chi connectivity index (χ2n) is 9.01. The molecule has 5 nitrogen and oxygen atoms in total. The third-order valence-corrected chi connectivity index (χ3v) is 8.16. The van der Waals surface area contributed by atoms with Crippen molar-refractivity contribution in [1.82, 2.24) is 4.90 Å². The lowest BCUT2D eigenvalue weighted by Gasteiger charge is -2.60. The number of carbonyl (C=O) groups is 1. The molecule has 0 unspecified atom stereocenters. The Kier molecular flexibility index (Phi) is 3.70. The van der Waals surface area contributed by atoms with Crippen LogP contribution in [0.25, 0.3) is 0 Å². The van der Waals surface area contributed by atoms with Crippen LogP contribution in [0.15, 0.2) is 18.2 Å². The summed E-state index contributed by atoms with van der Waals surface area (Å²) < 4.78 is 5.68. The number of piperidine rings is 1. The lowest BCUT2D eigenvalue weighted by atomic mass is 9.51. The molecule has 27 heavy (non-hydrogen) atoms. The van der Waals surface area contributed by atoms with Crippen molar-refractivity contribution in [2.45, 2.75) is 69.6 Å². The van der Waals surface area contributed by atoms with Gasteiger partial charge in [-0.3, -0.25) is 9.69 Å². The van der Waals surface area contributed by atoms with E-state index in [2.05, 4.69) is 17.9 Å². The molecule has 5 atom stereocenters. The maximum absolute atomic E-state index is 12.8. The minimum Gasteiger partial charge on any atom is -0.495 e. The highest BCUT2D eigenvalue weighted by atomic mass is 16.5. The van der Waals surface area contributed by atoms with E-state index in [1.54, 1.807) is 14.0 Å². The molecule has 3 aliphatic heterocycles. The number of ether oxygens (including phenoxy) is 1. The van der Waals surface area contributed by atoms with Gasteiger partial charge in [-0.25, -0.2) is 0 Å². The molecule has 4 aliphatic rings. The van der Waals surface area contributed by atoms with Crippen LogP contribution in [0.4, 0.5) is 5.69 Å². The van der Waals surface area contributed by atoms with E-state index in [9.17, 15) is 9.90 Å². The molecule has 146 valence electrons. The van der Waals surface area contributed by atoms with Gasteiger partial charge in [0, 0.05) is 18.4 Å². The number of benzene rings is 1. The molecule has 3 fully saturated rings. The number of rotatable bonds is 2. The predicted octanol–water partition coefficient (Wildman–Crippen LogP) is 2.70. The molecule has 5 rings (SSSR count). The van der Waals surface area contributed by atoms with Crippen molar-refractivity contribution in [3.05, 3.63) is 23.8 Å². The number of methoxy groups -OCH3 is 1. The fourth-order valence-corrected chi connectivity index (χ4v) is 7.42. The highest BCUT2D eigenvalue weighted by Crippen LogP contribution is 2.66. The topological polar surface area (TPSA) is 53.0 Å². The summed E-state index contributed by atoms with van der Waals surface area (Å²) in [6.07, 6.45) is 4.76. The molecule has 3 heterocycles. The molecular weight excluding hydrogens is 340 g/mol. The Morgan fingerprint density at radius 1 is 1.33 bits per heavy atom. The van der Waals surface area contributed by atoms with Gasteiger partial charge < -0.3 is 14.7 Å². The van der Waals surface area contributed by atoms with Gasteiger partial charge in [0.25, 0.3) is 0 Å². The van der Waals surface area contributed by atoms with Crippen molar-refractivity contribution in [3.63, 3.8) is 0 Å². The van der Waals surface area contributed by atoms with E-state index in [0.29, 0.717) is 6.04 Å². The first-order valence-corrected chi connectivity index (χ1v) is 10.4. The zero-order valence-electron chi connectivity index (χ0n) is 16.6. The van der Waals surface area contributed by atoms with Crippen molar-refractivity contribution < 1.29 is 14.6 Å². The Balaban J connectivity index is 1.80. The highest BCUT2D eigenvalue weighted by molar-refractivity contribution is 5.98. The summed E-state index contributed by atoms with van der Waals surface area (Å²) in [5.41, 5.74) is 2.06. The minimum atomic E-state index is -0.500. The molecular formula is C22H30N2O3. The summed E-state index contributed by atoms with van der Waals surface area (Å²) in [6, 6.07) is 6.38. The second kappa shape index (κ2) is 5.71. The summed E-state index contributed by atoms with van der Waals surface area (Å²) in [6.45, 7) is 6.10. The van der Waals surface area contributed by atoms with Crippen LogP contribution in [0.3, 0.4) is 0 Å². The molecule has 1 aliphatic carbocycles. The summed E-state index contributed by atoms with van der Waals surface area (Å²) in [5, 5.41) is 11.4. The van der Waals surface area contributed by atoms with Crippen LogP contribution in [0, 0.1) is 5.41 Å². The fraction of sp³-hybridized carbons (Fsp3) is 0.682. The summed E-state index contributed by atoms with van der Waals surface area (Å²) in [4.78, 5) is 17.3. The van der Waals surface area contributed by atoms with Gasteiger partial charge >= 0.3 is 0 Å². The van der Waals surface area contributed by atoms with Gasteiger partial charge in [-0.2, -0.15) is 0 Å². The van der Waals surface area contributed by atoms with Crippen LogP contribution < -0.4 is 9.64 Å². The van der Waals surface area contributed by atoms with E-state index in [4.69, 9.17) is 4.74 Å². The quantitative estimate of drug-likeness (QED) is 0.870. The Labute approximate surface area is 161 Å². The first kappa shape index (κ1) is 17.5. The number of fused-ring (bicyclic) bond motifs is 1. The predicted molar refractivity (Wildman–Crippen MR) is 104 cm³/mol. The summed E-state index contributed by atoms with van der Waals surface area (Å²) >= 11 is 0. The van der Waals surface area contributed by atoms with Crippen molar-refractivity contribution >= 4 is 11.6 Å². The lowest BCUT2D eigenvalue weighted by Crippen LogP contribution is -2.69. The van der Waals surface area contributed by atoms with E-state index in [-0.39, 0.29) is 22.8 Å². The monoisotopic (exact) mass is 370 g/mol. The van der Waals surface area contributed by atoms with E-state index in [1.807, 2.05) is 17.0 Å². The molecule has 1 amide bonds. The largest absolute Gasteiger partial charge is 0.495 e. The first-order chi connectivity index (χ1) is 13.0. The van der Waals surface area contributed by atoms with Gasteiger partial charge in [0.05, 0.1) is 24.9 Å². The SMILES string of the molecule is CC[C@@]12CCCN3CC[C@]4(c5cccc(OC)c5N(C(C)=O)[C@@H]4[C@@H](O)C1)[C@H]32. The smallest absolute Gasteiger partial charge is 0.224 e. The molecule has 5 heteroatoms. The number of nitrogens with zero attached hydrogens (tertiary/aromatic N) is 2. The fourth-order valence-electron chi connectivity index (χ4n) is 7.42. The van der Waals surface area contributed by atoms with Crippen molar-refractivity contribution in [2.75, 3.05) is 25.1 Å². The first-order valence-electron chi connectivity index (χ1n) is 10.4. The van der Waals surface area contributed by atoms with E-state index < -0.39 is 6.10 Å². The number of aliphatic hydroxyl groups is 1. The standard InChI is InChI=1S/C22H30N2O3/c1-4-21-9-6-11-23-12-10-22(20(21)23)15-7-5-8-17(27-3)18(15)24(14(2)25)19(22)16(26)13-21/h5,7-8,16,19-20,26H,4,6,9-13H2,1-3H3/t16-,19+,20+,21+,22+/m0/s1. The average Bonchev–Trinajstić information content (AvgIpc) is 3.20. The number of amides is 1. The van der Waals surface area contributed by atoms with Gasteiger partial charge in [0.15, 0.2) is 0 Å². The number of para-hydroxylation sites is 1. The average molecular weight is 370 g/mol. The van der Waals surface area contributed by atoms with Gasteiger partial charge in [-0.05, 0) is 62.2 Å². The summed E-state index contributed by atoms with van der Waals surface area (Å²) in [5.74, 6) is 0.745. The van der Waals surface area contributed by atoms with Crippen molar-refractivity contribution in [3.8, 4) is 5.75 Å². The molecule has 1 aromatic rings. The molecule has 2 saturated heterocycles. The number of hydrogen-bond acceptors (Lipinski definition) is 4. The molecule has 1 aromatic carbocycles. The Morgan fingerprint density at radius 3 is 2.85 bits per heavy atom. The van der Waals surface area contributed by atoms with Crippen LogP contribution in [0.2, 0.25) is 0 Å². The third-order valence-electron chi connectivity index (χ3n) is 8.16. The van der Waals surface area contributed by atoms with Gasteiger partial charge in [-0.1, -0.05) is 19.1 Å². The Morgan fingerprint density at radius 2 is 2.15 bits per heavy atom. The van der Waals surface area contributed by atoms with E-state index in [0.717, 1.165) is 43.8 Å². The maximum atomic E-state index is 12.8. The molecule has 0 bridgehead atoms. The van der Waals surface area contributed by atoms with E-state index in [1.165, 1.54) is 18.4 Å². The van der Waals surface area contributed by atoms with Crippen molar-refractivity contribution in [1.29, 1.82) is 0 Å². The van der Waals surface area contributed by atoms with Crippen LogP contribution >= 0.6 is 0 Å². The van der Waals surface area contributed by atoms with Crippen LogP contribution in [-0.4, -0.2) is 54.3 Å². The molecule has 0 aromatic heterocycles. The third kappa shape index (κ3) is 1.94. The Hall–Kier alpha value is -1.59. The minimum absolute atomic E-state index is 0.0000621. The number of aliphatic hydroxyl groups excluding tert-OH is 1. The van der Waals surface area contributed by atoms with Crippen LogP contribution in [-0.2, 0) is 10.2 Å². The summed E-state index contributed by atoms with van der Waals surface area (Å²) in [7, 11) is 1.67. The maximum Gasteiger partial charge on any atom is 0.224 e. The number of hydrogen-bond donors (Lipinski definition) is 1. The van der Waals surface area contributed by atoms with Crippen LogP contribution in [0.1, 0.15) is 51.5 Å². The van der Waals surface area contributed by atoms with Gasteiger partial charge in [-0.15, -0.1) is 0 Å². The zero-order valence-corrected chi connectivity index (χ0v) is 16.6. The van der Waals surface area contributed by atoms with Crippen molar-refractivity contribution in [2.24, 2.45) is 5.41 Å². The highest BCUT2D eigenvalue weighted by Gasteiger charge is 2.71. The normalized spacial score (nSPS) is 39.7. The molecule has 1 N–H and O–H groups in total.